The fourth-order valence-electron chi connectivity index (χ4n) is 1.60. The lowest BCUT2D eigenvalue weighted by molar-refractivity contribution is 0.0939. The summed E-state index contributed by atoms with van der Waals surface area (Å²) in [6.07, 6.45) is 5.34. The minimum absolute atomic E-state index is 0.0484. The lowest BCUT2D eigenvalue weighted by Gasteiger charge is -2.14. The summed E-state index contributed by atoms with van der Waals surface area (Å²) >= 11 is 0. The number of aromatic nitrogens is 1. The predicted octanol–water partition coefficient (Wildman–Crippen LogP) is 2.04. The highest BCUT2D eigenvalue weighted by Gasteiger charge is 2.12. The first-order chi connectivity index (χ1) is 7.69. The minimum Gasteiger partial charge on any atom is -0.386 e. The molecule has 0 fully saturated rings. The number of carbonyl (C=O) groups is 1. The van der Waals surface area contributed by atoms with Crippen LogP contribution in [0.2, 0.25) is 0 Å². The second-order valence-electron chi connectivity index (χ2n) is 3.83. The Labute approximate surface area is 96.5 Å². The molecule has 1 heterocycles. The lowest BCUT2D eigenvalue weighted by Crippen LogP contribution is -2.32. The van der Waals surface area contributed by atoms with Crippen LogP contribution >= 0.6 is 0 Å². The predicted molar refractivity (Wildman–Crippen MR) is 65.6 cm³/mol. The van der Waals surface area contributed by atoms with Crippen LogP contribution in [0.15, 0.2) is 18.5 Å². The normalized spacial score (nSPS) is 11.9. The van der Waals surface area contributed by atoms with Gasteiger partial charge in [0.05, 0.1) is 17.4 Å². The van der Waals surface area contributed by atoms with Crippen molar-refractivity contribution in [2.45, 2.75) is 32.7 Å². The van der Waals surface area contributed by atoms with E-state index in [9.17, 15) is 4.79 Å². The van der Waals surface area contributed by atoms with Crippen LogP contribution in [0.4, 0.5) is 5.69 Å². The van der Waals surface area contributed by atoms with Crippen molar-refractivity contribution in [1.82, 2.24) is 10.3 Å². The number of nitrogens with one attached hydrogen (secondary N) is 2. The largest absolute Gasteiger partial charge is 0.386 e. The Bertz CT molecular complexity index is 352. The molecule has 1 rings (SSSR count). The maximum atomic E-state index is 11.9. The van der Waals surface area contributed by atoms with E-state index in [-0.39, 0.29) is 11.9 Å². The molecule has 0 bridgehead atoms. The molecule has 4 heteroatoms. The Morgan fingerprint density at radius 2 is 2.31 bits per heavy atom. The summed E-state index contributed by atoms with van der Waals surface area (Å²) in [6, 6.07) is 1.93. The van der Waals surface area contributed by atoms with Crippen molar-refractivity contribution in [3.05, 3.63) is 24.0 Å². The number of rotatable bonds is 5. The molecule has 0 spiro atoms. The van der Waals surface area contributed by atoms with Crippen molar-refractivity contribution in [1.29, 1.82) is 0 Å². The molecular formula is C12H19N3O. The molecule has 2 N–H and O–H groups in total. The highest BCUT2D eigenvalue weighted by Crippen LogP contribution is 2.12. The Morgan fingerprint density at radius 1 is 1.56 bits per heavy atom. The molecule has 88 valence electrons. The Hall–Kier alpha value is -1.58. The van der Waals surface area contributed by atoms with E-state index in [0.717, 1.165) is 18.5 Å². The van der Waals surface area contributed by atoms with Gasteiger partial charge in [0, 0.05) is 19.3 Å². The average Bonchev–Trinajstić information content (AvgIpc) is 2.29. The quantitative estimate of drug-likeness (QED) is 0.800. The van der Waals surface area contributed by atoms with Gasteiger partial charge in [0.25, 0.3) is 5.91 Å². The summed E-state index contributed by atoms with van der Waals surface area (Å²) in [7, 11) is 1.78. The molecule has 1 atom stereocenters. The number of hydrogen-bond acceptors (Lipinski definition) is 3. The first-order valence-electron chi connectivity index (χ1n) is 5.61. The average molecular weight is 221 g/mol. The highest BCUT2D eigenvalue weighted by atomic mass is 16.1. The van der Waals surface area contributed by atoms with E-state index in [1.807, 2.05) is 6.92 Å². The van der Waals surface area contributed by atoms with Crippen molar-refractivity contribution in [3.63, 3.8) is 0 Å². The SMILES string of the molecule is CCCC(C)NC(=O)c1ccncc1NC. The van der Waals surface area contributed by atoms with Gasteiger partial charge in [-0.15, -0.1) is 0 Å². The van der Waals surface area contributed by atoms with Crippen LogP contribution in [0.3, 0.4) is 0 Å². The fraction of sp³-hybridized carbons (Fsp3) is 0.500. The van der Waals surface area contributed by atoms with E-state index >= 15 is 0 Å². The van der Waals surface area contributed by atoms with Crippen molar-refractivity contribution >= 4 is 11.6 Å². The van der Waals surface area contributed by atoms with Gasteiger partial charge in [-0.05, 0) is 19.4 Å². The van der Waals surface area contributed by atoms with E-state index in [4.69, 9.17) is 0 Å². The third-order valence-corrected chi connectivity index (χ3v) is 2.43. The molecule has 0 aliphatic heterocycles. The summed E-state index contributed by atoms with van der Waals surface area (Å²) < 4.78 is 0. The summed E-state index contributed by atoms with van der Waals surface area (Å²) in [5, 5.41) is 5.92. The second kappa shape index (κ2) is 6.10. The number of hydrogen-bond donors (Lipinski definition) is 2. The second-order valence-corrected chi connectivity index (χ2v) is 3.83. The molecule has 0 aliphatic rings. The Kier molecular flexibility index (Phi) is 4.76. The molecule has 0 radical (unpaired) electrons. The summed E-state index contributed by atoms with van der Waals surface area (Å²) in [5.41, 5.74) is 1.39. The number of anilines is 1. The standard InChI is InChI=1S/C12H19N3O/c1-4-5-9(2)15-12(16)10-6-7-14-8-11(10)13-3/h6-9,13H,4-5H2,1-3H3,(H,15,16). The van der Waals surface area contributed by atoms with E-state index in [1.165, 1.54) is 0 Å². The topological polar surface area (TPSA) is 54.0 Å². The van der Waals surface area contributed by atoms with Crippen molar-refractivity contribution in [2.75, 3.05) is 12.4 Å². The first-order valence-corrected chi connectivity index (χ1v) is 5.61. The van der Waals surface area contributed by atoms with Gasteiger partial charge in [0.1, 0.15) is 0 Å². The van der Waals surface area contributed by atoms with Crippen LogP contribution in [0.1, 0.15) is 37.0 Å². The zero-order valence-corrected chi connectivity index (χ0v) is 10.1. The van der Waals surface area contributed by atoms with Gasteiger partial charge in [0.15, 0.2) is 0 Å². The van der Waals surface area contributed by atoms with Gasteiger partial charge in [-0.1, -0.05) is 13.3 Å². The molecular weight excluding hydrogens is 202 g/mol. The first kappa shape index (κ1) is 12.5. The van der Waals surface area contributed by atoms with Gasteiger partial charge < -0.3 is 10.6 Å². The van der Waals surface area contributed by atoms with Crippen LogP contribution < -0.4 is 10.6 Å². The van der Waals surface area contributed by atoms with Crippen LogP contribution in [0.5, 0.6) is 0 Å². The third kappa shape index (κ3) is 3.22. The maximum Gasteiger partial charge on any atom is 0.253 e. The molecule has 0 aliphatic carbocycles. The molecule has 1 amide bonds. The maximum absolute atomic E-state index is 11.9. The van der Waals surface area contributed by atoms with Crippen LogP contribution in [-0.2, 0) is 0 Å². The Morgan fingerprint density at radius 3 is 2.94 bits per heavy atom. The molecule has 4 nitrogen and oxygen atoms in total. The number of pyridine rings is 1. The van der Waals surface area contributed by atoms with Gasteiger partial charge in [-0.3, -0.25) is 9.78 Å². The number of nitrogens with zero attached hydrogens (tertiary/aromatic N) is 1. The van der Waals surface area contributed by atoms with Crippen molar-refractivity contribution < 1.29 is 4.79 Å². The molecule has 1 aromatic heterocycles. The van der Waals surface area contributed by atoms with Crippen LogP contribution in [-0.4, -0.2) is 24.0 Å². The lowest BCUT2D eigenvalue weighted by atomic mass is 10.1. The summed E-state index contributed by atoms with van der Waals surface area (Å²) in [6.45, 7) is 4.12. The summed E-state index contributed by atoms with van der Waals surface area (Å²) in [4.78, 5) is 15.9. The zero-order valence-electron chi connectivity index (χ0n) is 10.1. The van der Waals surface area contributed by atoms with Gasteiger partial charge in [-0.2, -0.15) is 0 Å². The van der Waals surface area contributed by atoms with Crippen molar-refractivity contribution in [3.8, 4) is 0 Å². The molecule has 16 heavy (non-hydrogen) atoms. The van der Waals surface area contributed by atoms with Gasteiger partial charge in [0.2, 0.25) is 0 Å². The third-order valence-electron chi connectivity index (χ3n) is 2.43. The van der Waals surface area contributed by atoms with Crippen LogP contribution in [0, 0.1) is 0 Å². The number of amides is 1. The monoisotopic (exact) mass is 221 g/mol. The summed E-state index contributed by atoms with van der Waals surface area (Å²) in [5.74, 6) is -0.0484. The smallest absolute Gasteiger partial charge is 0.253 e. The van der Waals surface area contributed by atoms with Crippen LogP contribution in [0.25, 0.3) is 0 Å². The fourth-order valence-corrected chi connectivity index (χ4v) is 1.60. The number of carbonyl (C=O) groups excluding carboxylic acids is 1. The molecule has 0 saturated carbocycles. The van der Waals surface area contributed by atoms with E-state index in [2.05, 4.69) is 22.5 Å². The van der Waals surface area contributed by atoms with Gasteiger partial charge in [-0.25, -0.2) is 0 Å². The van der Waals surface area contributed by atoms with E-state index < -0.39 is 0 Å². The minimum atomic E-state index is -0.0484. The highest BCUT2D eigenvalue weighted by molar-refractivity contribution is 5.99. The van der Waals surface area contributed by atoms with Crippen molar-refractivity contribution in [2.24, 2.45) is 0 Å². The molecule has 1 aromatic rings. The van der Waals surface area contributed by atoms with E-state index in [0.29, 0.717) is 5.56 Å². The molecule has 0 aromatic carbocycles. The zero-order chi connectivity index (χ0) is 12.0. The van der Waals surface area contributed by atoms with Gasteiger partial charge >= 0.3 is 0 Å². The van der Waals surface area contributed by atoms with E-state index in [1.54, 1.807) is 25.5 Å². The molecule has 1 unspecified atom stereocenters. The Balaban J connectivity index is 2.72. The molecule has 0 saturated heterocycles.